The lowest BCUT2D eigenvalue weighted by Gasteiger charge is -2.17. The minimum atomic E-state index is -1.02. The topological polar surface area (TPSA) is 86.7 Å². The smallest absolute Gasteiger partial charge is 0.326 e. The summed E-state index contributed by atoms with van der Waals surface area (Å²) in [6.45, 7) is 2.66. The predicted octanol–water partition coefficient (Wildman–Crippen LogP) is 0.742. The monoisotopic (exact) mass is 334 g/mol. The Balaban J connectivity index is 2.23. The van der Waals surface area contributed by atoms with E-state index < -0.39 is 12.0 Å². The Hall–Kier alpha value is -1.11. The number of amides is 2. The Morgan fingerprint density at radius 2 is 2.21 bits per heavy atom. The number of nitrogens with zero attached hydrogens (tertiary/aromatic N) is 1. The van der Waals surface area contributed by atoms with Crippen LogP contribution in [0.4, 0.5) is 0 Å². The summed E-state index contributed by atoms with van der Waals surface area (Å²) in [4.78, 5) is 35.3. The van der Waals surface area contributed by atoms with Crippen LogP contribution >= 0.6 is 15.9 Å². The molecule has 0 spiro atoms. The van der Waals surface area contributed by atoms with Crippen molar-refractivity contribution < 1.29 is 19.5 Å². The summed E-state index contributed by atoms with van der Waals surface area (Å²) in [6, 6.07) is -0.837. The Bertz CT molecular complexity index is 362. The molecule has 2 amide bonds. The van der Waals surface area contributed by atoms with E-state index in [0.717, 1.165) is 6.42 Å². The maximum Gasteiger partial charge on any atom is 0.326 e. The lowest BCUT2D eigenvalue weighted by molar-refractivity contribution is -0.141. The van der Waals surface area contributed by atoms with Gasteiger partial charge in [-0.15, -0.1) is 0 Å². The van der Waals surface area contributed by atoms with Crippen LogP contribution in [0.25, 0.3) is 0 Å². The molecule has 2 N–H and O–H groups in total. The molecule has 2 atom stereocenters. The molecule has 0 radical (unpaired) electrons. The molecular formula is C12H19BrN2O4. The van der Waals surface area contributed by atoms with E-state index in [2.05, 4.69) is 21.2 Å². The van der Waals surface area contributed by atoms with Gasteiger partial charge in [-0.25, -0.2) is 4.79 Å². The van der Waals surface area contributed by atoms with E-state index in [1.807, 2.05) is 0 Å². The summed E-state index contributed by atoms with van der Waals surface area (Å²) in [5.41, 5.74) is 0. The molecule has 19 heavy (non-hydrogen) atoms. The van der Waals surface area contributed by atoms with Crippen molar-refractivity contribution in [2.24, 2.45) is 0 Å². The Kier molecular flexibility index (Phi) is 6.27. The van der Waals surface area contributed by atoms with Crippen molar-refractivity contribution in [2.75, 3.05) is 13.1 Å². The predicted molar refractivity (Wildman–Crippen MR) is 73.0 cm³/mol. The normalized spacial score (nSPS) is 20.4. The van der Waals surface area contributed by atoms with Gasteiger partial charge in [-0.3, -0.25) is 9.59 Å². The fourth-order valence-corrected chi connectivity index (χ4v) is 2.72. The number of aliphatic carboxylic acids is 1. The number of likely N-dealkylation sites (tertiary alicyclic amines) is 1. The summed E-state index contributed by atoms with van der Waals surface area (Å²) in [5.74, 6) is -1.23. The number of rotatable bonds is 7. The molecule has 0 saturated carbocycles. The number of carboxylic acid groups (broad SMARTS) is 1. The molecule has 0 bridgehead atoms. The molecule has 6 nitrogen and oxygen atoms in total. The van der Waals surface area contributed by atoms with Crippen LogP contribution in [0.1, 0.15) is 32.6 Å². The van der Waals surface area contributed by atoms with Gasteiger partial charge >= 0.3 is 5.97 Å². The number of carboxylic acids is 1. The second kappa shape index (κ2) is 7.47. The van der Waals surface area contributed by atoms with Gasteiger partial charge in [0.15, 0.2) is 0 Å². The van der Waals surface area contributed by atoms with Crippen molar-refractivity contribution in [3.05, 3.63) is 0 Å². The van der Waals surface area contributed by atoms with Crippen LogP contribution in [-0.2, 0) is 14.4 Å². The SMILES string of the molecule is CC(=O)N[C@@H](CCCCN1CC(Br)CC1=O)C(=O)O. The van der Waals surface area contributed by atoms with E-state index in [4.69, 9.17) is 5.11 Å². The molecule has 1 saturated heterocycles. The van der Waals surface area contributed by atoms with Gasteiger partial charge in [-0.05, 0) is 19.3 Å². The van der Waals surface area contributed by atoms with Crippen molar-refractivity contribution in [3.8, 4) is 0 Å². The fraction of sp³-hybridized carbons (Fsp3) is 0.750. The van der Waals surface area contributed by atoms with E-state index in [9.17, 15) is 14.4 Å². The van der Waals surface area contributed by atoms with Gasteiger partial charge in [0.05, 0.1) is 0 Å². The molecular weight excluding hydrogens is 316 g/mol. The van der Waals surface area contributed by atoms with Gasteiger partial charge in [0, 0.05) is 31.3 Å². The molecule has 1 fully saturated rings. The third kappa shape index (κ3) is 5.59. The van der Waals surface area contributed by atoms with E-state index in [-0.39, 0.29) is 16.6 Å². The number of carbonyl (C=O) groups is 3. The summed E-state index contributed by atoms with van der Waals surface area (Å²) in [6.07, 6.45) is 2.32. The largest absolute Gasteiger partial charge is 0.480 e. The third-order valence-corrected chi connectivity index (χ3v) is 3.63. The summed E-state index contributed by atoms with van der Waals surface area (Å²) in [5, 5.41) is 11.3. The van der Waals surface area contributed by atoms with Gasteiger partial charge in [0.2, 0.25) is 11.8 Å². The van der Waals surface area contributed by atoms with Crippen LogP contribution < -0.4 is 5.32 Å². The van der Waals surface area contributed by atoms with E-state index in [0.29, 0.717) is 32.4 Å². The van der Waals surface area contributed by atoms with E-state index >= 15 is 0 Å². The molecule has 1 rings (SSSR count). The first-order chi connectivity index (χ1) is 8.90. The third-order valence-electron chi connectivity index (χ3n) is 3.01. The van der Waals surface area contributed by atoms with E-state index in [1.54, 1.807) is 4.90 Å². The standard InChI is InChI=1S/C12H19BrN2O4/c1-8(16)14-10(12(18)19)4-2-3-5-15-7-9(13)6-11(15)17/h9-10H,2-7H2,1H3,(H,14,16)(H,18,19)/t9?,10-/m0/s1. The fourth-order valence-electron chi connectivity index (χ4n) is 2.09. The zero-order valence-electron chi connectivity index (χ0n) is 10.9. The highest BCUT2D eigenvalue weighted by Crippen LogP contribution is 2.18. The van der Waals surface area contributed by atoms with Gasteiger partial charge in [0.25, 0.3) is 0 Å². The Labute approximate surface area is 120 Å². The highest BCUT2D eigenvalue weighted by Gasteiger charge is 2.27. The second-order valence-electron chi connectivity index (χ2n) is 4.73. The molecule has 0 aromatic heterocycles. The lowest BCUT2D eigenvalue weighted by atomic mass is 10.1. The maximum absolute atomic E-state index is 11.5. The number of halogens is 1. The van der Waals surface area contributed by atoms with Crippen molar-refractivity contribution in [2.45, 2.75) is 43.5 Å². The van der Waals surface area contributed by atoms with Crippen LogP contribution in [0.15, 0.2) is 0 Å². The average molecular weight is 335 g/mol. The first-order valence-electron chi connectivity index (χ1n) is 6.32. The molecule has 1 unspecified atom stereocenters. The Morgan fingerprint density at radius 1 is 1.53 bits per heavy atom. The van der Waals surface area contributed by atoms with Gasteiger partial charge in [-0.1, -0.05) is 15.9 Å². The first-order valence-corrected chi connectivity index (χ1v) is 7.23. The maximum atomic E-state index is 11.5. The molecule has 1 aliphatic rings. The number of carbonyl (C=O) groups excluding carboxylic acids is 2. The summed E-state index contributed by atoms with van der Waals surface area (Å²) < 4.78 is 0. The van der Waals surface area contributed by atoms with Crippen molar-refractivity contribution in [1.29, 1.82) is 0 Å². The number of nitrogens with one attached hydrogen (secondary N) is 1. The zero-order chi connectivity index (χ0) is 14.4. The Morgan fingerprint density at radius 3 is 2.68 bits per heavy atom. The molecule has 1 heterocycles. The van der Waals surface area contributed by atoms with Crippen molar-refractivity contribution in [1.82, 2.24) is 10.2 Å². The van der Waals surface area contributed by atoms with Crippen LogP contribution in [0, 0.1) is 0 Å². The number of unbranched alkanes of at least 4 members (excludes halogenated alkanes) is 1. The zero-order valence-corrected chi connectivity index (χ0v) is 12.5. The highest BCUT2D eigenvalue weighted by molar-refractivity contribution is 9.09. The average Bonchev–Trinajstić information content (AvgIpc) is 2.61. The molecule has 0 aromatic carbocycles. The number of hydrogen-bond acceptors (Lipinski definition) is 3. The van der Waals surface area contributed by atoms with Crippen LogP contribution in [0.2, 0.25) is 0 Å². The van der Waals surface area contributed by atoms with Crippen LogP contribution in [0.5, 0.6) is 0 Å². The molecule has 7 heteroatoms. The van der Waals surface area contributed by atoms with Crippen LogP contribution in [-0.4, -0.2) is 51.7 Å². The molecule has 0 aromatic rings. The number of hydrogen-bond donors (Lipinski definition) is 2. The minimum Gasteiger partial charge on any atom is -0.480 e. The summed E-state index contributed by atoms with van der Waals surface area (Å²) >= 11 is 3.41. The summed E-state index contributed by atoms with van der Waals surface area (Å²) in [7, 11) is 0. The van der Waals surface area contributed by atoms with Crippen LogP contribution in [0.3, 0.4) is 0 Å². The number of alkyl halides is 1. The highest BCUT2D eigenvalue weighted by atomic mass is 79.9. The van der Waals surface area contributed by atoms with Gasteiger partial charge in [-0.2, -0.15) is 0 Å². The lowest BCUT2D eigenvalue weighted by Crippen LogP contribution is -2.39. The second-order valence-corrected chi connectivity index (χ2v) is 6.02. The molecule has 1 aliphatic heterocycles. The first kappa shape index (κ1) is 15.9. The van der Waals surface area contributed by atoms with E-state index in [1.165, 1.54) is 6.92 Å². The molecule has 0 aliphatic carbocycles. The quantitative estimate of drug-likeness (QED) is 0.531. The van der Waals surface area contributed by atoms with Gasteiger partial charge < -0.3 is 15.3 Å². The molecule has 108 valence electrons. The van der Waals surface area contributed by atoms with Crippen molar-refractivity contribution in [3.63, 3.8) is 0 Å². The van der Waals surface area contributed by atoms with Gasteiger partial charge in [0.1, 0.15) is 6.04 Å². The minimum absolute atomic E-state index is 0.138. The van der Waals surface area contributed by atoms with Crippen molar-refractivity contribution >= 4 is 33.7 Å².